The van der Waals surface area contributed by atoms with Crippen LogP contribution < -0.4 is 10.6 Å². The number of nitrogens with one attached hydrogen (secondary N) is 2. The van der Waals surface area contributed by atoms with Gasteiger partial charge in [0.15, 0.2) is 15.6 Å². The largest absolute Gasteiger partial charge is 0.451 e. The van der Waals surface area contributed by atoms with Crippen molar-refractivity contribution in [1.82, 2.24) is 0 Å². The van der Waals surface area contributed by atoms with E-state index < -0.39 is 21.2 Å². The first kappa shape index (κ1) is 21.6. The van der Waals surface area contributed by atoms with Crippen LogP contribution in [-0.4, -0.2) is 26.5 Å². The first-order valence-electron chi connectivity index (χ1n) is 9.35. The first-order chi connectivity index (χ1) is 13.9. The molecule has 0 aliphatic carbocycles. The number of carbonyl (C=O) groups excluding carboxylic acids is 2. The van der Waals surface area contributed by atoms with Gasteiger partial charge in [-0.05, 0) is 24.3 Å². The average Bonchev–Trinajstić information content (AvgIpc) is 2.98. The van der Waals surface area contributed by atoms with E-state index in [9.17, 15) is 18.0 Å². The summed E-state index contributed by atoms with van der Waals surface area (Å²) in [5.74, 6) is -1.08. The predicted octanol–water partition coefficient (Wildman–Crippen LogP) is 4.21. The summed E-state index contributed by atoms with van der Waals surface area (Å²) in [5, 5.41) is 6.11. The molecule has 2 amide bonds. The molecule has 0 fully saturated rings. The Morgan fingerprint density at radius 2 is 1.60 bits per heavy atom. The Labute approximate surface area is 175 Å². The Balaban J connectivity index is 1.90. The fourth-order valence-electron chi connectivity index (χ4n) is 2.87. The van der Waals surface area contributed by atoms with Gasteiger partial charge in [0.05, 0.1) is 5.75 Å². The zero-order chi connectivity index (χ0) is 22.1. The summed E-state index contributed by atoms with van der Waals surface area (Å²) >= 11 is 0. The maximum Gasteiger partial charge on any atom is 0.291 e. The van der Waals surface area contributed by atoms with E-state index in [4.69, 9.17) is 4.42 Å². The molecule has 2 aromatic carbocycles. The number of furan rings is 1. The van der Waals surface area contributed by atoms with Gasteiger partial charge >= 0.3 is 0 Å². The van der Waals surface area contributed by atoms with Gasteiger partial charge in [0.2, 0.25) is 5.91 Å². The lowest BCUT2D eigenvalue weighted by Gasteiger charge is -2.18. The number of rotatable bonds is 5. The van der Waals surface area contributed by atoms with Crippen LogP contribution in [0.3, 0.4) is 0 Å². The Morgan fingerprint density at radius 3 is 2.23 bits per heavy atom. The second-order valence-electron chi connectivity index (χ2n) is 8.22. The standard InChI is InChI=1S/C22H24N2O5S/c1-22(2,3)21(26)24-15-9-7-8-14(12-15)23-20(25)19-17(13-30(4,27)28)16-10-5-6-11-18(16)29-19/h5-12H,13H2,1-4H3,(H,23,25)(H,24,26). The Morgan fingerprint density at radius 1 is 0.967 bits per heavy atom. The van der Waals surface area contributed by atoms with Crippen LogP contribution >= 0.6 is 0 Å². The van der Waals surface area contributed by atoms with Crippen molar-refractivity contribution >= 4 is 44.0 Å². The van der Waals surface area contributed by atoms with E-state index >= 15 is 0 Å². The molecule has 2 N–H and O–H groups in total. The Bertz CT molecular complexity index is 1220. The third kappa shape index (κ3) is 5.07. The molecule has 0 unspecified atom stereocenters. The number of carbonyl (C=O) groups is 2. The number of hydrogen-bond donors (Lipinski definition) is 2. The van der Waals surface area contributed by atoms with E-state index in [1.807, 2.05) is 0 Å². The Hall–Kier alpha value is -3.13. The van der Waals surface area contributed by atoms with Crippen molar-refractivity contribution in [3.8, 4) is 0 Å². The van der Waals surface area contributed by atoms with Gasteiger partial charge in [-0.15, -0.1) is 0 Å². The molecular formula is C22H24N2O5S. The van der Waals surface area contributed by atoms with E-state index in [-0.39, 0.29) is 17.4 Å². The molecule has 7 nitrogen and oxygen atoms in total. The van der Waals surface area contributed by atoms with Crippen molar-refractivity contribution in [2.75, 3.05) is 16.9 Å². The van der Waals surface area contributed by atoms with Crippen molar-refractivity contribution in [1.29, 1.82) is 0 Å². The summed E-state index contributed by atoms with van der Waals surface area (Å²) in [6, 6.07) is 13.6. The second kappa shape index (κ2) is 7.95. The van der Waals surface area contributed by atoms with E-state index in [1.165, 1.54) is 0 Å². The number of para-hydroxylation sites is 1. The lowest BCUT2D eigenvalue weighted by molar-refractivity contribution is -0.123. The summed E-state index contributed by atoms with van der Waals surface area (Å²) < 4.78 is 29.5. The van der Waals surface area contributed by atoms with Crippen molar-refractivity contribution in [3.63, 3.8) is 0 Å². The molecule has 3 aromatic rings. The number of anilines is 2. The molecule has 0 radical (unpaired) electrons. The van der Waals surface area contributed by atoms with Crippen molar-refractivity contribution in [2.45, 2.75) is 26.5 Å². The highest BCUT2D eigenvalue weighted by Crippen LogP contribution is 2.28. The highest BCUT2D eigenvalue weighted by molar-refractivity contribution is 7.89. The molecule has 0 atom stereocenters. The van der Waals surface area contributed by atoms with E-state index in [1.54, 1.807) is 69.3 Å². The van der Waals surface area contributed by atoms with Gasteiger partial charge in [-0.2, -0.15) is 0 Å². The third-order valence-electron chi connectivity index (χ3n) is 4.37. The van der Waals surface area contributed by atoms with Crippen LogP contribution in [-0.2, 0) is 20.4 Å². The fourth-order valence-corrected chi connectivity index (χ4v) is 3.68. The van der Waals surface area contributed by atoms with Crippen molar-refractivity contribution in [2.24, 2.45) is 5.41 Å². The van der Waals surface area contributed by atoms with E-state index in [0.717, 1.165) is 6.26 Å². The van der Waals surface area contributed by atoms with E-state index in [2.05, 4.69) is 10.6 Å². The highest BCUT2D eigenvalue weighted by atomic mass is 32.2. The summed E-state index contributed by atoms with van der Waals surface area (Å²) in [5.41, 5.74) is 1.18. The molecule has 0 aliphatic heterocycles. The maximum absolute atomic E-state index is 12.9. The molecule has 3 rings (SSSR count). The molecule has 1 heterocycles. The van der Waals surface area contributed by atoms with Gasteiger partial charge in [0.25, 0.3) is 5.91 Å². The molecule has 158 valence electrons. The van der Waals surface area contributed by atoms with Gasteiger partial charge in [-0.25, -0.2) is 8.42 Å². The van der Waals surface area contributed by atoms with Gasteiger partial charge in [0.1, 0.15) is 5.58 Å². The molecule has 8 heteroatoms. The van der Waals surface area contributed by atoms with Crippen LogP contribution in [0.1, 0.15) is 36.9 Å². The number of hydrogen-bond acceptors (Lipinski definition) is 5. The first-order valence-corrected chi connectivity index (χ1v) is 11.4. The van der Waals surface area contributed by atoms with Gasteiger partial charge < -0.3 is 15.1 Å². The van der Waals surface area contributed by atoms with Crippen LogP contribution in [0.15, 0.2) is 52.9 Å². The second-order valence-corrected chi connectivity index (χ2v) is 10.4. The van der Waals surface area contributed by atoms with E-state index in [0.29, 0.717) is 27.9 Å². The van der Waals surface area contributed by atoms with Crippen LogP contribution in [0.4, 0.5) is 11.4 Å². The zero-order valence-corrected chi connectivity index (χ0v) is 18.1. The minimum Gasteiger partial charge on any atom is -0.451 e. The SMILES string of the molecule is CC(C)(C)C(=O)Nc1cccc(NC(=O)c2oc3ccccc3c2CS(C)(=O)=O)c1. The molecule has 0 bridgehead atoms. The molecule has 0 saturated heterocycles. The average molecular weight is 429 g/mol. The summed E-state index contributed by atoms with van der Waals surface area (Å²) in [6.07, 6.45) is 1.11. The lowest BCUT2D eigenvalue weighted by Crippen LogP contribution is -2.27. The van der Waals surface area contributed by atoms with Crippen LogP contribution in [0.25, 0.3) is 11.0 Å². The number of benzene rings is 2. The highest BCUT2D eigenvalue weighted by Gasteiger charge is 2.24. The maximum atomic E-state index is 12.9. The monoisotopic (exact) mass is 428 g/mol. The van der Waals surface area contributed by atoms with Crippen LogP contribution in [0.5, 0.6) is 0 Å². The van der Waals surface area contributed by atoms with Gasteiger partial charge in [0, 0.05) is 34.0 Å². The molecular weight excluding hydrogens is 404 g/mol. The minimum absolute atomic E-state index is 0.0502. The lowest BCUT2D eigenvalue weighted by atomic mass is 9.95. The summed E-state index contributed by atoms with van der Waals surface area (Å²) in [6.45, 7) is 5.41. The normalized spacial score (nSPS) is 12.0. The molecule has 1 aromatic heterocycles. The summed E-state index contributed by atoms with van der Waals surface area (Å²) in [4.78, 5) is 25.1. The topological polar surface area (TPSA) is 105 Å². The minimum atomic E-state index is -3.39. The zero-order valence-electron chi connectivity index (χ0n) is 17.3. The Kier molecular flexibility index (Phi) is 5.72. The molecule has 30 heavy (non-hydrogen) atoms. The summed E-state index contributed by atoms with van der Waals surface area (Å²) in [7, 11) is -3.39. The number of fused-ring (bicyclic) bond motifs is 1. The van der Waals surface area contributed by atoms with Gasteiger partial charge in [-0.1, -0.05) is 45.0 Å². The van der Waals surface area contributed by atoms with Crippen molar-refractivity contribution < 1.29 is 22.4 Å². The van der Waals surface area contributed by atoms with Crippen LogP contribution in [0, 0.1) is 5.41 Å². The van der Waals surface area contributed by atoms with Crippen molar-refractivity contribution in [3.05, 3.63) is 59.9 Å². The van der Waals surface area contributed by atoms with Crippen LogP contribution in [0.2, 0.25) is 0 Å². The number of sulfone groups is 1. The molecule has 0 spiro atoms. The van der Waals surface area contributed by atoms with Gasteiger partial charge in [-0.3, -0.25) is 9.59 Å². The third-order valence-corrected chi connectivity index (χ3v) is 5.18. The molecule has 0 aliphatic rings. The predicted molar refractivity (Wildman–Crippen MR) is 117 cm³/mol. The molecule has 0 saturated carbocycles. The quantitative estimate of drug-likeness (QED) is 0.633. The number of amides is 2. The smallest absolute Gasteiger partial charge is 0.291 e. The fraction of sp³-hybridized carbons (Fsp3) is 0.273.